The highest BCUT2D eigenvalue weighted by Gasteiger charge is 2.31. The highest BCUT2D eigenvalue weighted by Crippen LogP contribution is 2.25. The van der Waals surface area contributed by atoms with Crippen LogP contribution in [-0.4, -0.2) is 24.1 Å². The summed E-state index contributed by atoms with van der Waals surface area (Å²) in [4.78, 5) is 23.6. The third-order valence-corrected chi connectivity index (χ3v) is 3.79. The average molecular weight is 308 g/mol. The summed E-state index contributed by atoms with van der Waals surface area (Å²) in [6.45, 7) is 7.27. The minimum Gasteiger partial charge on any atom is -0.458 e. The second-order valence-electron chi connectivity index (χ2n) is 5.70. The average Bonchev–Trinajstić information content (AvgIpc) is 2.50. The van der Waals surface area contributed by atoms with E-state index in [1.54, 1.807) is 12.2 Å². The van der Waals surface area contributed by atoms with Crippen LogP contribution in [0.15, 0.2) is 25.3 Å². The lowest BCUT2D eigenvalue weighted by Crippen LogP contribution is -2.37. The van der Waals surface area contributed by atoms with E-state index in [2.05, 4.69) is 13.2 Å². The van der Waals surface area contributed by atoms with Gasteiger partial charge in [0.2, 0.25) is 0 Å². The van der Waals surface area contributed by atoms with Crippen molar-refractivity contribution in [3.63, 3.8) is 0 Å². The Hall–Kier alpha value is -1.58. The van der Waals surface area contributed by atoms with Crippen LogP contribution >= 0.6 is 0 Å². The maximum absolute atomic E-state index is 11.8. The summed E-state index contributed by atoms with van der Waals surface area (Å²) in [5.41, 5.74) is 0. The van der Waals surface area contributed by atoms with Crippen molar-refractivity contribution < 1.29 is 19.1 Å². The molecule has 1 rings (SSSR count). The second-order valence-corrected chi connectivity index (χ2v) is 5.70. The molecule has 0 amide bonds. The number of hydrogen-bond donors (Lipinski definition) is 0. The van der Waals surface area contributed by atoms with E-state index in [-0.39, 0.29) is 24.1 Å². The second kappa shape index (κ2) is 11.0. The summed E-state index contributed by atoms with van der Waals surface area (Å²) in [5, 5.41) is 0. The van der Waals surface area contributed by atoms with Crippen LogP contribution in [0.5, 0.6) is 0 Å². The molecule has 124 valence electrons. The van der Waals surface area contributed by atoms with Crippen molar-refractivity contribution in [1.29, 1.82) is 0 Å². The fourth-order valence-electron chi connectivity index (χ4n) is 2.57. The summed E-state index contributed by atoms with van der Waals surface area (Å²) in [5.74, 6) is -0.414. The van der Waals surface area contributed by atoms with Gasteiger partial charge in [-0.05, 0) is 51.4 Å². The van der Waals surface area contributed by atoms with Gasteiger partial charge in [0.05, 0.1) is 0 Å². The molecule has 0 spiro atoms. The number of esters is 2. The third kappa shape index (κ3) is 7.43. The first kappa shape index (κ1) is 18.5. The quantitative estimate of drug-likeness (QED) is 0.346. The van der Waals surface area contributed by atoms with Gasteiger partial charge in [-0.3, -0.25) is 9.59 Å². The molecule has 4 nitrogen and oxygen atoms in total. The Bertz CT molecular complexity index is 339. The summed E-state index contributed by atoms with van der Waals surface area (Å²) < 4.78 is 11.0. The van der Waals surface area contributed by atoms with Gasteiger partial charge in [-0.15, -0.1) is 13.2 Å². The molecule has 0 aromatic carbocycles. The molecule has 4 heteroatoms. The maximum atomic E-state index is 11.8. The van der Waals surface area contributed by atoms with Crippen LogP contribution in [0.2, 0.25) is 0 Å². The zero-order chi connectivity index (χ0) is 16.2. The molecule has 1 aliphatic carbocycles. The van der Waals surface area contributed by atoms with E-state index in [0.717, 1.165) is 51.4 Å². The molecular formula is C18H28O4. The molecule has 1 fully saturated rings. The number of hydrogen-bond acceptors (Lipinski definition) is 4. The molecule has 2 atom stereocenters. The van der Waals surface area contributed by atoms with Gasteiger partial charge < -0.3 is 9.47 Å². The lowest BCUT2D eigenvalue weighted by atomic mass is 9.94. The monoisotopic (exact) mass is 308 g/mol. The zero-order valence-electron chi connectivity index (χ0n) is 13.4. The smallest absolute Gasteiger partial charge is 0.306 e. The van der Waals surface area contributed by atoms with E-state index in [1.165, 1.54) is 0 Å². The van der Waals surface area contributed by atoms with E-state index in [1.807, 2.05) is 0 Å². The van der Waals surface area contributed by atoms with Crippen LogP contribution in [0.4, 0.5) is 0 Å². The van der Waals surface area contributed by atoms with Crippen LogP contribution in [0, 0.1) is 0 Å². The Kier molecular flexibility index (Phi) is 9.28. The molecule has 0 radical (unpaired) electrons. The van der Waals surface area contributed by atoms with Crippen LogP contribution in [0.25, 0.3) is 0 Å². The number of ether oxygens (including phenoxy) is 2. The van der Waals surface area contributed by atoms with Crippen LogP contribution in [0.3, 0.4) is 0 Å². The maximum Gasteiger partial charge on any atom is 0.306 e. The standard InChI is InChI=1S/C18H28O4/c1-3-5-7-13-17(19)21-15-11-9-10-12-16(15)22-18(20)14-8-6-4-2/h3-4,15-16H,1-2,5-14H2/t15-,16-/m0/s1. The third-order valence-electron chi connectivity index (χ3n) is 3.79. The number of allylic oxidation sites excluding steroid dienone is 2. The first-order valence-corrected chi connectivity index (χ1v) is 8.28. The molecule has 1 aliphatic rings. The van der Waals surface area contributed by atoms with Gasteiger partial charge in [-0.25, -0.2) is 0 Å². The summed E-state index contributed by atoms with van der Waals surface area (Å²) >= 11 is 0. The lowest BCUT2D eigenvalue weighted by molar-refractivity contribution is -0.171. The SMILES string of the molecule is C=CCCCC(=O)O[C@H]1CCCC[C@@H]1OC(=O)CCCC=C. The van der Waals surface area contributed by atoms with Gasteiger partial charge in [-0.1, -0.05) is 12.2 Å². The Labute approximate surface area is 133 Å². The topological polar surface area (TPSA) is 52.6 Å². The van der Waals surface area contributed by atoms with Crippen LogP contribution < -0.4 is 0 Å². The van der Waals surface area contributed by atoms with Crippen molar-refractivity contribution in [3.05, 3.63) is 25.3 Å². The summed E-state index contributed by atoms with van der Waals surface area (Å²) in [6.07, 6.45) is 10.5. The fraction of sp³-hybridized carbons (Fsp3) is 0.667. The van der Waals surface area contributed by atoms with Gasteiger partial charge in [0.15, 0.2) is 0 Å². The van der Waals surface area contributed by atoms with Gasteiger partial charge in [0.25, 0.3) is 0 Å². The van der Waals surface area contributed by atoms with Crippen molar-refractivity contribution in [2.24, 2.45) is 0 Å². The van der Waals surface area contributed by atoms with Crippen molar-refractivity contribution in [1.82, 2.24) is 0 Å². The Balaban J connectivity index is 2.38. The van der Waals surface area contributed by atoms with Crippen LogP contribution in [-0.2, 0) is 19.1 Å². The summed E-state index contributed by atoms with van der Waals surface area (Å²) in [6, 6.07) is 0. The molecule has 0 unspecified atom stereocenters. The van der Waals surface area contributed by atoms with E-state index in [4.69, 9.17) is 9.47 Å². The molecule has 0 aromatic rings. The number of carbonyl (C=O) groups excluding carboxylic acids is 2. The predicted octanol–water partition coefficient (Wildman–Crippen LogP) is 4.10. The highest BCUT2D eigenvalue weighted by molar-refractivity contribution is 5.70. The normalized spacial score (nSPS) is 20.9. The molecular weight excluding hydrogens is 280 g/mol. The minimum absolute atomic E-state index is 0.207. The lowest BCUT2D eigenvalue weighted by Gasteiger charge is -2.30. The number of rotatable bonds is 10. The largest absolute Gasteiger partial charge is 0.458 e. The Morgan fingerprint density at radius 2 is 1.27 bits per heavy atom. The molecule has 0 aliphatic heterocycles. The van der Waals surface area contributed by atoms with E-state index < -0.39 is 0 Å². The van der Waals surface area contributed by atoms with E-state index in [9.17, 15) is 9.59 Å². The van der Waals surface area contributed by atoms with E-state index in [0.29, 0.717) is 12.8 Å². The minimum atomic E-state index is -0.284. The van der Waals surface area contributed by atoms with Crippen molar-refractivity contribution in [3.8, 4) is 0 Å². The first-order valence-electron chi connectivity index (χ1n) is 8.28. The van der Waals surface area contributed by atoms with Crippen LogP contribution in [0.1, 0.15) is 64.2 Å². The molecule has 0 aromatic heterocycles. The highest BCUT2D eigenvalue weighted by atomic mass is 16.6. The predicted molar refractivity (Wildman–Crippen MR) is 86.3 cm³/mol. The van der Waals surface area contributed by atoms with E-state index >= 15 is 0 Å². The Morgan fingerprint density at radius 3 is 1.64 bits per heavy atom. The van der Waals surface area contributed by atoms with Gasteiger partial charge in [0, 0.05) is 12.8 Å². The first-order chi connectivity index (χ1) is 10.7. The molecule has 0 saturated heterocycles. The van der Waals surface area contributed by atoms with Gasteiger partial charge >= 0.3 is 11.9 Å². The molecule has 0 heterocycles. The zero-order valence-corrected chi connectivity index (χ0v) is 13.4. The van der Waals surface area contributed by atoms with Gasteiger partial charge in [0.1, 0.15) is 12.2 Å². The number of unbranched alkanes of at least 4 members (excludes halogenated alkanes) is 2. The molecule has 0 N–H and O–H groups in total. The van der Waals surface area contributed by atoms with Crippen molar-refractivity contribution >= 4 is 11.9 Å². The van der Waals surface area contributed by atoms with Crippen molar-refractivity contribution in [2.45, 2.75) is 76.4 Å². The van der Waals surface area contributed by atoms with Gasteiger partial charge in [-0.2, -0.15) is 0 Å². The molecule has 0 bridgehead atoms. The molecule has 1 saturated carbocycles. The fourth-order valence-corrected chi connectivity index (χ4v) is 2.57. The van der Waals surface area contributed by atoms with Crippen molar-refractivity contribution in [2.75, 3.05) is 0 Å². The Morgan fingerprint density at radius 1 is 0.864 bits per heavy atom. The molecule has 22 heavy (non-hydrogen) atoms. The number of carbonyl (C=O) groups is 2. The summed E-state index contributed by atoms with van der Waals surface area (Å²) in [7, 11) is 0.